The van der Waals surface area contributed by atoms with E-state index in [0.717, 1.165) is 58.3 Å². The second-order valence-electron chi connectivity index (χ2n) is 8.06. The average Bonchev–Trinajstić information content (AvgIpc) is 2.84. The van der Waals surface area contributed by atoms with Gasteiger partial charge in [0.05, 0.1) is 25.9 Å². The summed E-state index contributed by atoms with van der Waals surface area (Å²) in [7, 11) is 0. The van der Waals surface area contributed by atoms with Gasteiger partial charge in [-0.3, -0.25) is 4.90 Å². The first-order valence-electron chi connectivity index (χ1n) is 11.8. The van der Waals surface area contributed by atoms with Gasteiger partial charge in [-0.15, -0.1) is 0 Å². The van der Waals surface area contributed by atoms with Crippen LogP contribution in [0.3, 0.4) is 0 Å². The van der Waals surface area contributed by atoms with Gasteiger partial charge >= 0.3 is 0 Å². The molecule has 3 rings (SSSR count). The maximum absolute atomic E-state index is 5.97. The zero-order valence-electron chi connectivity index (χ0n) is 19.6. The SMILES string of the molecule is CCNC(=NCc1ccccc1CN1CCOCC1)NCCCOC(C)c1ccccc1. The molecule has 0 aliphatic carbocycles. The van der Waals surface area contributed by atoms with Crippen LogP contribution in [0.1, 0.15) is 43.1 Å². The number of nitrogens with one attached hydrogen (secondary N) is 2. The first kappa shape index (κ1) is 24.2. The minimum absolute atomic E-state index is 0.112. The number of nitrogens with zero attached hydrogens (tertiary/aromatic N) is 2. The maximum Gasteiger partial charge on any atom is 0.191 e. The Bertz CT molecular complexity index is 806. The van der Waals surface area contributed by atoms with E-state index in [2.05, 4.69) is 77.9 Å². The van der Waals surface area contributed by atoms with Crippen LogP contribution in [0, 0.1) is 0 Å². The van der Waals surface area contributed by atoms with Gasteiger partial charge in [-0.05, 0) is 37.0 Å². The maximum atomic E-state index is 5.97. The number of aliphatic imine (C=N–C) groups is 1. The lowest BCUT2D eigenvalue weighted by molar-refractivity contribution is 0.0341. The minimum Gasteiger partial charge on any atom is -0.379 e. The van der Waals surface area contributed by atoms with Gasteiger partial charge in [-0.25, -0.2) is 4.99 Å². The molecular weight excluding hydrogens is 400 g/mol. The molecule has 0 saturated carbocycles. The monoisotopic (exact) mass is 438 g/mol. The fraction of sp³-hybridized carbons (Fsp3) is 0.500. The van der Waals surface area contributed by atoms with E-state index in [0.29, 0.717) is 13.2 Å². The van der Waals surface area contributed by atoms with Crippen LogP contribution in [0.4, 0.5) is 0 Å². The van der Waals surface area contributed by atoms with Gasteiger partial charge in [0.2, 0.25) is 0 Å². The molecule has 0 aromatic heterocycles. The van der Waals surface area contributed by atoms with E-state index in [1.165, 1.54) is 16.7 Å². The number of benzene rings is 2. The Morgan fingerprint density at radius 1 is 1.03 bits per heavy atom. The van der Waals surface area contributed by atoms with Crippen molar-refractivity contribution >= 4 is 5.96 Å². The molecule has 0 amide bonds. The normalized spacial score (nSPS) is 16.0. The summed E-state index contributed by atoms with van der Waals surface area (Å²) >= 11 is 0. The van der Waals surface area contributed by atoms with Gasteiger partial charge < -0.3 is 20.1 Å². The number of hydrogen-bond acceptors (Lipinski definition) is 4. The Labute approximate surface area is 193 Å². The van der Waals surface area contributed by atoms with Crippen molar-refractivity contribution in [1.82, 2.24) is 15.5 Å². The molecule has 6 nitrogen and oxygen atoms in total. The number of ether oxygens (including phenoxy) is 2. The minimum atomic E-state index is 0.112. The van der Waals surface area contributed by atoms with Crippen LogP contribution in [0.15, 0.2) is 59.6 Å². The zero-order chi connectivity index (χ0) is 22.4. The van der Waals surface area contributed by atoms with Gasteiger partial charge in [0, 0.05) is 39.3 Å². The molecule has 2 aromatic rings. The van der Waals surface area contributed by atoms with Crippen molar-refractivity contribution in [1.29, 1.82) is 0 Å². The van der Waals surface area contributed by atoms with E-state index in [-0.39, 0.29) is 6.10 Å². The molecule has 1 saturated heterocycles. The van der Waals surface area contributed by atoms with E-state index in [9.17, 15) is 0 Å². The lowest BCUT2D eigenvalue weighted by Crippen LogP contribution is -2.38. The lowest BCUT2D eigenvalue weighted by atomic mass is 10.1. The highest BCUT2D eigenvalue weighted by molar-refractivity contribution is 5.79. The van der Waals surface area contributed by atoms with E-state index < -0.39 is 0 Å². The summed E-state index contributed by atoms with van der Waals surface area (Å²) in [5, 5.41) is 6.79. The van der Waals surface area contributed by atoms with Crippen molar-refractivity contribution in [2.45, 2.75) is 39.5 Å². The molecule has 6 heteroatoms. The van der Waals surface area contributed by atoms with Gasteiger partial charge in [-0.1, -0.05) is 54.6 Å². The Kier molecular flexibility index (Phi) is 10.5. The highest BCUT2D eigenvalue weighted by atomic mass is 16.5. The number of hydrogen-bond donors (Lipinski definition) is 2. The zero-order valence-corrected chi connectivity index (χ0v) is 19.6. The fourth-order valence-corrected chi connectivity index (χ4v) is 3.73. The molecule has 1 unspecified atom stereocenters. The summed E-state index contributed by atoms with van der Waals surface area (Å²) in [6.07, 6.45) is 1.04. The van der Waals surface area contributed by atoms with Gasteiger partial charge in [0.15, 0.2) is 5.96 Å². The molecule has 0 bridgehead atoms. The molecule has 2 N–H and O–H groups in total. The second-order valence-corrected chi connectivity index (χ2v) is 8.06. The summed E-state index contributed by atoms with van der Waals surface area (Å²) in [5.74, 6) is 0.852. The molecule has 1 heterocycles. The first-order chi connectivity index (χ1) is 15.8. The fourth-order valence-electron chi connectivity index (χ4n) is 3.73. The standard InChI is InChI=1S/C26H38N4O2/c1-3-27-26(28-14-9-17-32-22(2)23-10-5-4-6-11-23)29-20-24-12-7-8-13-25(24)21-30-15-18-31-19-16-30/h4-8,10-13,22H,3,9,14-21H2,1-2H3,(H2,27,28,29). The summed E-state index contributed by atoms with van der Waals surface area (Å²) in [6, 6.07) is 19.0. The molecule has 32 heavy (non-hydrogen) atoms. The van der Waals surface area contributed by atoms with Gasteiger partial charge in [0.1, 0.15) is 0 Å². The van der Waals surface area contributed by atoms with Crippen molar-refractivity contribution in [3.05, 3.63) is 71.3 Å². The van der Waals surface area contributed by atoms with E-state index in [4.69, 9.17) is 14.5 Å². The van der Waals surface area contributed by atoms with Crippen LogP contribution >= 0.6 is 0 Å². The molecule has 0 spiro atoms. The summed E-state index contributed by atoms with van der Waals surface area (Å²) < 4.78 is 11.4. The van der Waals surface area contributed by atoms with Crippen LogP contribution in [0.25, 0.3) is 0 Å². The van der Waals surface area contributed by atoms with Crippen molar-refractivity contribution < 1.29 is 9.47 Å². The smallest absolute Gasteiger partial charge is 0.191 e. The lowest BCUT2D eigenvalue weighted by Gasteiger charge is -2.27. The third-order valence-electron chi connectivity index (χ3n) is 5.62. The summed E-state index contributed by atoms with van der Waals surface area (Å²) in [6.45, 7) is 11.8. The predicted molar refractivity (Wildman–Crippen MR) is 131 cm³/mol. The highest BCUT2D eigenvalue weighted by Gasteiger charge is 2.12. The number of rotatable bonds is 11. The van der Waals surface area contributed by atoms with Crippen molar-refractivity contribution in [2.24, 2.45) is 4.99 Å². The number of guanidine groups is 1. The van der Waals surface area contributed by atoms with Crippen LogP contribution in [0.5, 0.6) is 0 Å². The Morgan fingerprint density at radius 2 is 1.75 bits per heavy atom. The molecule has 2 aromatic carbocycles. The van der Waals surface area contributed by atoms with Crippen LogP contribution < -0.4 is 10.6 Å². The second kappa shape index (κ2) is 13.9. The Morgan fingerprint density at radius 3 is 2.50 bits per heavy atom. The van der Waals surface area contributed by atoms with E-state index in [1.807, 2.05) is 6.07 Å². The Balaban J connectivity index is 1.45. The third kappa shape index (κ3) is 8.26. The molecule has 1 fully saturated rings. The van der Waals surface area contributed by atoms with E-state index >= 15 is 0 Å². The van der Waals surface area contributed by atoms with Crippen molar-refractivity contribution in [3.8, 4) is 0 Å². The van der Waals surface area contributed by atoms with E-state index in [1.54, 1.807) is 0 Å². The quantitative estimate of drug-likeness (QED) is 0.318. The molecule has 0 radical (unpaired) electrons. The van der Waals surface area contributed by atoms with Gasteiger partial charge in [0.25, 0.3) is 0 Å². The molecule has 1 aliphatic heterocycles. The van der Waals surface area contributed by atoms with Crippen LogP contribution in [-0.2, 0) is 22.6 Å². The molecule has 1 aliphatic rings. The predicted octanol–water partition coefficient (Wildman–Crippen LogP) is 3.74. The highest BCUT2D eigenvalue weighted by Crippen LogP contribution is 2.16. The van der Waals surface area contributed by atoms with Crippen molar-refractivity contribution in [3.63, 3.8) is 0 Å². The van der Waals surface area contributed by atoms with Crippen LogP contribution in [0.2, 0.25) is 0 Å². The molecule has 1 atom stereocenters. The third-order valence-corrected chi connectivity index (χ3v) is 5.62. The first-order valence-corrected chi connectivity index (χ1v) is 11.8. The summed E-state index contributed by atoms with van der Waals surface area (Å²) in [4.78, 5) is 7.28. The number of morpholine rings is 1. The average molecular weight is 439 g/mol. The summed E-state index contributed by atoms with van der Waals surface area (Å²) in [5.41, 5.74) is 3.83. The van der Waals surface area contributed by atoms with Crippen LogP contribution in [-0.4, -0.2) is 56.9 Å². The molecule has 174 valence electrons. The largest absolute Gasteiger partial charge is 0.379 e. The van der Waals surface area contributed by atoms with Crippen molar-refractivity contribution in [2.75, 3.05) is 46.0 Å². The van der Waals surface area contributed by atoms with Gasteiger partial charge in [-0.2, -0.15) is 0 Å². The molecular formula is C26H38N4O2. The topological polar surface area (TPSA) is 58.1 Å². The Hall–Kier alpha value is -2.41.